The second-order valence-electron chi connectivity index (χ2n) is 5.53. The molecule has 0 radical (unpaired) electrons. The molecule has 1 fully saturated rings. The smallest absolute Gasteiger partial charge is 0.255 e. The first-order valence-electron chi connectivity index (χ1n) is 5.76. The van der Waals surface area contributed by atoms with Crippen LogP contribution in [0, 0.1) is 0 Å². The summed E-state index contributed by atoms with van der Waals surface area (Å²) >= 11 is 5.78. The highest BCUT2D eigenvalue weighted by molar-refractivity contribution is 6.17. The number of hydrogen-bond donors (Lipinski definition) is 0. The number of nitrogens with zero attached hydrogens (tertiary/aromatic N) is 1. The van der Waals surface area contributed by atoms with Crippen molar-refractivity contribution >= 4 is 11.6 Å². The van der Waals surface area contributed by atoms with Gasteiger partial charge >= 0.3 is 0 Å². The van der Waals surface area contributed by atoms with Crippen molar-refractivity contribution in [3.05, 3.63) is 33.7 Å². The van der Waals surface area contributed by atoms with Crippen LogP contribution < -0.4 is 5.56 Å². The normalized spacial score (nSPS) is 16.5. The Bertz CT molecular complexity index is 452. The number of pyridine rings is 1. The van der Waals surface area contributed by atoms with E-state index in [-0.39, 0.29) is 11.0 Å². The van der Waals surface area contributed by atoms with Gasteiger partial charge < -0.3 is 4.57 Å². The van der Waals surface area contributed by atoms with Gasteiger partial charge in [-0.15, -0.1) is 11.6 Å². The fraction of sp³-hybridized carbons (Fsp3) is 0.615. The van der Waals surface area contributed by atoms with Crippen LogP contribution in [-0.4, -0.2) is 4.57 Å². The summed E-state index contributed by atoms with van der Waals surface area (Å²) in [6.07, 6.45) is 2.24. The van der Waals surface area contributed by atoms with E-state index in [4.69, 9.17) is 11.6 Å². The maximum Gasteiger partial charge on any atom is 0.255 e. The molecule has 0 spiro atoms. The molecule has 88 valence electrons. The molecule has 2 rings (SSSR count). The van der Waals surface area contributed by atoms with Gasteiger partial charge in [-0.1, -0.05) is 26.8 Å². The average molecular weight is 240 g/mol. The zero-order valence-electron chi connectivity index (χ0n) is 10.1. The molecule has 0 amide bonds. The highest BCUT2D eigenvalue weighted by Crippen LogP contribution is 2.37. The van der Waals surface area contributed by atoms with Crippen LogP contribution >= 0.6 is 11.6 Å². The molecule has 1 saturated carbocycles. The zero-order chi connectivity index (χ0) is 11.9. The van der Waals surface area contributed by atoms with Crippen LogP contribution in [0.2, 0.25) is 0 Å². The van der Waals surface area contributed by atoms with Crippen molar-refractivity contribution in [2.24, 2.45) is 0 Å². The Morgan fingerprint density at radius 3 is 2.44 bits per heavy atom. The largest absolute Gasteiger partial charge is 0.309 e. The lowest BCUT2D eigenvalue weighted by molar-refractivity contribution is 0.504. The van der Waals surface area contributed by atoms with E-state index in [0.29, 0.717) is 17.5 Å². The highest BCUT2D eigenvalue weighted by atomic mass is 35.5. The molecule has 2 nitrogen and oxygen atoms in total. The minimum absolute atomic E-state index is 0.00654. The summed E-state index contributed by atoms with van der Waals surface area (Å²) in [5.41, 5.74) is 1.94. The van der Waals surface area contributed by atoms with Crippen molar-refractivity contribution in [2.45, 2.75) is 50.9 Å². The van der Waals surface area contributed by atoms with Gasteiger partial charge in [0.25, 0.3) is 5.56 Å². The minimum atomic E-state index is 0.00654. The summed E-state index contributed by atoms with van der Waals surface area (Å²) in [5, 5.41) is 0. The molecule has 0 bridgehead atoms. The molecule has 1 aliphatic rings. The number of hydrogen-bond acceptors (Lipinski definition) is 1. The Balaban J connectivity index is 2.62. The van der Waals surface area contributed by atoms with E-state index in [0.717, 1.165) is 18.5 Å². The van der Waals surface area contributed by atoms with E-state index in [2.05, 4.69) is 26.8 Å². The molecule has 0 aromatic carbocycles. The van der Waals surface area contributed by atoms with Gasteiger partial charge in [-0.2, -0.15) is 0 Å². The third kappa shape index (κ3) is 2.03. The summed E-state index contributed by atoms with van der Waals surface area (Å²) in [4.78, 5) is 12.2. The second kappa shape index (κ2) is 3.92. The van der Waals surface area contributed by atoms with E-state index in [1.165, 1.54) is 0 Å². The number of aromatic nitrogens is 1. The third-order valence-electron chi connectivity index (χ3n) is 3.02. The van der Waals surface area contributed by atoms with E-state index in [1.807, 2.05) is 10.6 Å². The fourth-order valence-electron chi connectivity index (χ4n) is 2.00. The molecule has 1 heterocycles. The lowest BCUT2D eigenvalue weighted by Crippen LogP contribution is -2.30. The second-order valence-corrected chi connectivity index (χ2v) is 5.80. The van der Waals surface area contributed by atoms with Gasteiger partial charge in [0.15, 0.2) is 0 Å². The predicted octanol–water partition coefficient (Wildman–Crippen LogP) is 3.22. The van der Waals surface area contributed by atoms with Crippen LogP contribution in [0.4, 0.5) is 0 Å². The summed E-state index contributed by atoms with van der Waals surface area (Å²) in [5.74, 6) is 0.302. The Labute approximate surface area is 101 Å². The van der Waals surface area contributed by atoms with Gasteiger partial charge in [0, 0.05) is 22.7 Å². The monoisotopic (exact) mass is 239 g/mol. The predicted molar refractivity (Wildman–Crippen MR) is 67.2 cm³/mol. The number of alkyl halides is 1. The molecule has 1 aliphatic carbocycles. The van der Waals surface area contributed by atoms with Crippen LogP contribution in [0.3, 0.4) is 0 Å². The lowest BCUT2D eigenvalue weighted by atomic mass is 9.90. The maximum atomic E-state index is 12.2. The highest BCUT2D eigenvalue weighted by Gasteiger charge is 2.30. The standard InChI is InChI=1S/C13H18ClNO/c1-13(2,3)11-7-4-9(8-14)12(16)15(11)10-5-6-10/h4,7,10H,5-6,8H2,1-3H3. The summed E-state index contributed by atoms with van der Waals surface area (Å²) in [7, 11) is 0. The van der Waals surface area contributed by atoms with Crippen molar-refractivity contribution in [3.63, 3.8) is 0 Å². The molecule has 3 heteroatoms. The molecule has 16 heavy (non-hydrogen) atoms. The van der Waals surface area contributed by atoms with E-state index in [9.17, 15) is 4.79 Å². The van der Waals surface area contributed by atoms with E-state index in [1.54, 1.807) is 0 Å². The molecule has 0 saturated heterocycles. The Hall–Kier alpha value is -0.760. The minimum Gasteiger partial charge on any atom is -0.309 e. The number of rotatable bonds is 2. The van der Waals surface area contributed by atoms with Gasteiger partial charge in [-0.3, -0.25) is 4.79 Å². The van der Waals surface area contributed by atoms with Crippen molar-refractivity contribution in [2.75, 3.05) is 0 Å². The van der Waals surface area contributed by atoms with Crippen LogP contribution in [0.5, 0.6) is 0 Å². The van der Waals surface area contributed by atoms with Gasteiger partial charge in [-0.05, 0) is 18.9 Å². The van der Waals surface area contributed by atoms with Gasteiger partial charge in [0.1, 0.15) is 0 Å². The van der Waals surface area contributed by atoms with Gasteiger partial charge in [0.05, 0.1) is 5.88 Å². The molecule has 0 N–H and O–H groups in total. The average Bonchev–Trinajstić information content (AvgIpc) is 2.99. The molecule has 0 unspecified atom stereocenters. The van der Waals surface area contributed by atoms with Crippen LogP contribution in [-0.2, 0) is 11.3 Å². The zero-order valence-corrected chi connectivity index (χ0v) is 10.8. The Kier molecular flexibility index (Phi) is 2.87. The maximum absolute atomic E-state index is 12.2. The fourth-order valence-corrected chi connectivity index (χ4v) is 2.21. The third-order valence-corrected chi connectivity index (χ3v) is 3.31. The number of halogens is 1. The first-order valence-corrected chi connectivity index (χ1v) is 6.29. The quantitative estimate of drug-likeness (QED) is 0.727. The van der Waals surface area contributed by atoms with E-state index >= 15 is 0 Å². The summed E-state index contributed by atoms with van der Waals surface area (Å²) in [6, 6.07) is 4.33. The van der Waals surface area contributed by atoms with Crippen LogP contribution in [0.1, 0.15) is 50.9 Å². The molecule has 0 atom stereocenters. The summed E-state index contributed by atoms with van der Waals surface area (Å²) in [6.45, 7) is 6.42. The van der Waals surface area contributed by atoms with Crippen molar-refractivity contribution in [1.82, 2.24) is 4.57 Å². The SMILES string of the molecule is CC(C)(C)c1ccc(CCl)c(=O)n1C1CC1. The topological polar surface area (TPSA) is 22.0 Å². The molecular formula is C13H18ClNO. The van der Waals surface area contributed by atoms with E-state index < -0.39 is 0 Å². The Morgan fingerprint density at radius 2 is 2.00 bits per heavy atom. The van der Waals surface area contributed by atoms with Gasteiger partial charge in [-0.25, -0.2) is 0 Å². The summed E-state index contributed by atoms with van der Waals surface area (Å²) < 4.78 is 1.96. The van der Waals surface area contributed by atoms with Crippen LogP contribution in [0.15, 0.2) is 16.9 Å². The lowest BCUT2D eigenvalue weighted by Gasteiger charge is -2.24. The van der Waals surface area contributed by atoms with Crippen molar-refractivity contribution in [1.29, 1.82) is 0 Å². The molecule has 0 aliphatic heterocycles. The molecule has 1 aromatic rings. The molecular weight excluding hydrogens is 222 g/mol. The van der Waals surface area contributed by atoms with Gasteiger partial charge in [0.2, 0.25) is 0 Å². The first kappa shape index (κ1) is 11.7. The van der Waals surface area contributed by atoms with Crippen LogP contribution in [0.25, 0.3) is 0 Å². The first-order chi connectivity index (χ1) is 7.45. The van der Waals surface area contributed by atoms with Crippen molar-refractivity contribution in [3.8, 4) is 0 Å². The molecule has 1 aromatic heterocycles. The van der Waals surface area contributed by atoms with Crippen molar-refractivity contribution < 1.29 is 0 Å². The Morgan fingerprint density at radius 1 is 1.38 bits per heavy atom.